The summed E-state index contributed by atoms with van der Waals surface area (Å²) in [7, 11) is 0. The molecule has 0 spiro atoms. The van der Waals surface area contributed by atoms with Crippen molar-refractivity contribution < 1.29 is 18.0 Å². The third kappa shape index (κ3) is 6.07. The largest absolute Gasteiger partial charge is 0.389 e. The number of anilines is 1. The van der Waals surface area contributed by atoms with Crippen LogP contribution in [0.15, 0.2) is 12.1 Å². The Morgan fingerprint density at radius 2 is 1.83 bits per heavy atom. The summed E-state index contributed by atoms with van der Waals surface area (Å²) < 4.78 is 35.6. The zero-order chi connectivity index (χ0) is 13.8. The summed E-state index contributed by atoms with van der Waals surface area (Å²) in [4.78, 5) is 15.0. The number of amides is 1. The molecule has 0 aliphatic rings. The minimum atomic E-state index is -4.25. The SMILES string of the molecule is O=C(CCCC(F)(F)F)Nc1cc(Cl)nc(Cl)c1. The van der Waals surface area contributed by atoms with Crippen LogP contribution in [0.4, 0.5) is 18.9 Å². The maximum absolute atomic E-state index is 11.9. The summed E-state index contributed by atoms with van der Waals surface area (Å²) in [6.45, 7) is 0. The van der Waals surface area contributed by atoms with Gasteiger partial charge in [0.05, 0.1) is 0 Å². The second kappa shape index (κ2) is 6.24. The van der Waals surface area contributed by atoms with Crippen LogP contribution in [-0.4, -0.2) is 17.1 Å². The predicted molar refractivity (Wildman–Crippen MR) is 62.8 cm³/mol. The molecule has 0 unspecified atom stereocenters. The van der Waals surface area contributed by atoms with Crippen molar-refractivity contribution in [2.24, 2.45) is 0 Å². The van der Waals surface area contributed by atoms with E-state index in [2.05, 4.69) is 10.3 Å². The first-order valence-corrected chi connectivity index (χ1v) is 5.71. The van der Waals surface area contributed by atoms with Crippen LogP contribution < -0.4 is 5.32 Å². The van der Waals surface area contributed by atoms with E-state index in [9.17, 15) is 18.0 Å². The van der Waals surface area contributed by atoms with Crippen LogP contribution >= 0.6 is 23.2 Å². The summed E-state index contributed by atoms with van der Waals surface area (Å²) >= 11 is 11.2. The Bertz CT molecular complexity index is 417. The molecule has 1 heterocycles. The molecule has 1 amide bonds. The summed E-state index contributed by atoms with van der Waals surface area (Å²) in [6.07, 6.45) is -5.72. The first-order chi connectivity index (χ1) is 8.26. The zero-order valence-corrected chi connectivity index (χ0v) is 10.5. The van der Waals surface area contributed by atoms with Gasteiger partial charge in [0.2, 0.25) is 5.91 Å². The number of nitrogens with zero attached hydrogens (tertiary/aromatic N) is 1. The minimum Gasteiger partial charge on any atom is -0.326 e. The van der Waals surface area contributed by atoms with Crippen molar-refractivity contribution >= 4 is 34.8 Å². The number of halogens is 5. The van der Waals surface area contributed by atoms with Gasteiger partial charge in [-0.25, -0.2) is 4.98 Å². The van der Waals surface area contributed by atoms with Gasteiger partial charge in [0.25, 0.3) is 0 Å². The van der Waals surface area contributed by atoms with Gasteiger partial charge in [-0.05, 0) is 18.6 Å². The van der Waals surface area contributed by atoms with Crippen molar-refractivity contribution in [1.82, 2.24) is 4.98 Å². The van der Waals surface area contributed by atoms with E-state index in [1.807, 2.05) is 0 Å². The maximum atomic E-state index is 11.9. The predicted octanol–water partition coefficient (Wildman–Crippen LogP) is 4.06. The summed E-state index contributed by atoms with van der Waals surface area (Å²) in [5, 5.41) is 2.58. The summed E-state index contributed by atoms with van der Waals surface area (Å²) in [5.74, 6) is -0.530. The fraction of sp³-hybridized carbons (Fsp3) is 0.400. The van der Waals surface area contributed by atoms with Gasteiger partial charge in [0, 0.05) is 18.5 Å². The van der Waals surface area contributed by atoms with Crippen LogP contribution in [0.2, 0.25) is 10.3 Å². The molecular weight excluding hydrogens is 292 g/mol. The normalized spacial score (nSPS) is 11.4. The third-order valence-electron chi connectivity index (χ3n) is 1.91. The number of pyridine rings is 1. The van der Waals surface area contributed by atoms with Crippen molar-refractivity contribution in [2.45, 2.75) is 25.4 Å². The van der Waals surface area contributed by atoms with Gasteiger partial charge in [-0.15, -0.1) is 0 Å². The minimum absolute atomic E-state index is 0.0908. The molecule has 0 bridgehead atoms. The molecule has 0 aromatic carbocycles. The first kappa shape index (κ1) is 15.0. The number of hydrogen-bond donors (Lipinski definition) is 1. The second-order valence-electron chi connectivity index (χ2n) is 3.52. The molecule has 0 radical (unpaired) electrons. The van der Waals surface area contributed by atoms with Gasteiger partial charge in [0.1, 0.15) is 10.3 Å². The lowest BCUT2D eigenvalue weighted by Crippen LogP contribution is -2.14. The molecule has 0 atom stereocenters. The lowest BCUT2D eigenvalue weighted by atomic mass is 10.2. The molecule has 0 saturated carbocycles. The number of nitrogens with one attached hydrogen (secondary N) is 1. The second-order valence-corrected chi connectivity index (χ2v) is 4.29. The maximum Gasteiger partial charge on any atom is 0.389 e. The molecule has 0 saturated heterocycles. The van der Waals surface area contributed by atoms with E-state index in [0.29, 0.717) is 5.69 Å². The summed E-state index contributed by atoms with van der Waals surface area (Å²) in [6, 6.07) is 2.71. The number of hydrogen-bond acceptors (Lipinski definition) is 2. The van der Waals surface area contributed by atoms with Crippen LogP contribution in [0.5, 0.6) is 0 Å². The molecule has 1 aromatic heterocycles. The number of carbonyl (C=O) groups is 1. The molecule has 1 aromatic rings. The van der Waals surface area contributed by atoms with E-state index in [0.717, 1.165) is 0 Å². The quantitative estimate of drug-likeness (QED) is 0.852. The molecule has 1 rings (SSSR count). The Kier molecular flexibility index (Phi) is 5.22. The smallest absolute Gasteiger partial charge is 0.326 e. The van der Waals surface area contributed by atoms with E-state index in [4.69, 9.17) is 23.2 Å². The van der Waals surface area contributed by atoms with Crippen LogP contribution in [-0.2, 0) is 4.79 Å². The molecule has 8 heteroatoms. The van der Waals surface area contributed by atoms with Crippen molar-refractivity contribution in [3.63, 3.8) is 0 Å². The van der Waals surface area contributed by atoms with E-state index in [-0.39, 0.29) is 23.1 Å². The van der Waals surface area contributed by atoms with Crippen LogP contribution in [0.25, 0.3) is 0 Å². The number of aromatic nitrogens is 1. The zero-order valence-electron chi connectivity index (χ0n) is 9.02. The fourth-order valence-corrected chi connectivity index (χ4v) is 1.67. The topological polar surface area (TPSA) is 42.0 Å². The molecule has 18 heavy (non-hydrogen) atoms. The number of alkyl halides is 3. The third-order valence-corrected chi connectivity index (χ3v) is 2.30. The lowest BCUT2D eigenvalue weighted by Gasteiger charge is -2.07. The average Bonchev–Trinajstić information content (AvgIpc) is 2.12. The van der Waals surface area contributed by atoms with Crippen LogP contribution in [0.1, 0.15) is 19.3 Å². The van der Waals surface area contributed by atoms with E-state index < -0.39 is 18.5 Å². The van der Waals surface area contributed by atoms with Crippen molar-refractivity contribution in [1.29, 1.82) is 0 Å². The highest BCUT2D eigenvalue weighted by Gasteiger charge is 2.26. The van der Waals surface area contributed by atoms with Gasteiger partial charge < -0.3 is 5.32 Å². The van der Waals surface area contributed by atoms with E-state index >= 15 is 0 Å². The van der Waals surface area contributed by atoms with E-state index in [1.165, 1.54) is 12.1 Å². The van der Waals surface area contributed by atoms with Crippen LogP contribution in [0, 0.1) is 0 Å². The highest BCUT2D eigenvalue weighted by Crippen LogP contribution is 2.23. The Morgan fingerprint density at radius 3 is 2.33 bits per heavy atom. The van der Waals surface area contributed by atoms with Crippen molar-refractivity contribution in [2.75, 3.05) is 5.32 Å². The van der Waals surface area contributed by atoms with Gasteiger partial charge in [-0.2, -0.15) is 13.2 Å². The highest BCUT2D eigenvalue weighted by atomic mass is 35.5. The van der Waals surface area contributed by atoms with Crippen molar-refractivity contribution in [3.05, 3.63) is 22.4 Å². The highest BCUT2D eigenvalue weighted by molar-refractivity contribution is 6.32. The number of rotatable bonds is 4. The molecule has 100 valence electrons. The Balaban J connectivity index is 2.45. The van der Waals surface area contributed by atoms with Gasteiger partial charge in [-0.1, -0.05) is 23.2 Å². The molecule has 3 nitrogen and oxygen atoms in total. The average molecular weight is 301 g/mol. The molecule has 0 aliphatic carbocycles. The molecule has 0 fully saturated rings. The monoisotopic (exact) mass is 300 g/mol. The van der Waals surface area contributed by atoms with Crippen molar-refractivity contribution in [3.8, 4) is 0 Å². The lowest BCUT2D eigenvalue weighted by molar-refractivity contribution is -0.136. The van der Waals surface area contributed by atoms with Gasteiger partial charge in [0.15, 0.2) is 0 Å². The molecule has 0 aliphatic heterocycles. The standard InChI is InChI=1S/C10H9Cl2F3N2O/c11-7-4-6(5-8(12)17-7)16-9(18)2-1-3-10(13,14)15/h4-5H,1-3H2,(H,16,17,18). The Labute approximate surface area is 111 Å². The Hall–Kier alpha value is -1.01. The molecule has 1 N–H and O–H groups in total. The molecular formula is C10H9Cl2F3N2O. The Morgan fingerprint density at radius 1 is 1.28 bits per heavy atom. The number of carbonyl (C=O) groups excluding carboxylic acids is 1. The van der Waals surface area contributed by atoms with Crippen LogP contribution in [0.3, 0.4) is 0 Å². The first-order valence-electron chi connectivity index (χ1n) is 4.96. The summed E-state index contributed by atoms with van der Waals surface area (Å²) in [5.41, 5.74) is 0.303. The van der Waals surface area contributed by atoms with Gasteiger partial charge in [-0.3, -0.25) is 4.79 Å². The van der Waals surface area contributed by atoms with Gasteiger partial charge >= 0.3 is 6.18 Å². The van der Waals surface area contributed by atoms with E-state index in [1.54, 1.807) is 0 Å². The fourth-order valence-electron chi connectivity index (χ4n) is 1.21.